The predicted molar refractivity (Wildman–Crippen MR) is 94.8 cm³/mol. The zero-order valence-electron chi connectivity index (χ0n) is 14.9. The van der Waals surface area contributed by atoms with Gasteiger partial charge in [0.05, 0.1) is 19.3 Å². The van der Waals surface area contributed by atoms with Gasteiger partial charge in [0.1, 0.15) is 12.7 Å². The first-order valence-electron chi connectivity index (χ1n) is 8.48. The van der Waals surface area contributed by atoms with Crippen LogP contribution in [-0.4, -0.2) is 61.7 Å². The van der Waals surface area contributed by atoms with Gasteiger partial charge in [0.25, 0.3) is 0 Å². The van der Waals surface area contributed by atoms with E-state index in [1.54, 1.807) is 7.11 Å². The van der Waals surface area contributed by atoms with Crippen molar-refractivity contribution in [2.45, 2.75) is 38.6 Å². The van der Waals surface area contributed by atoms with Crippen molar-refractivity contribution in [1.82, 2.24) is 4.90 Å². The molecule has 0 saturated carbocycles. The van der Waals surface area contributed by atoms with E-state index in [9.17, 15) is 5.11 Å². The van der Waals surface area contributed by atoms with Gasteiger partial charge in [0.15, 0.2) is 11.5 Å². The molecule has 1 aromatic carbocycles. The summed E-state index contributed by atoms with van der Waals surface area (Å²) in [5.41, 5.74) is 1.12. The minimum Gasteiger partial charge on any atom is -0.493 e. The summed E-state index contributed by atoms with van der Waals surface area (Å²) in [6, 6.07) is 5.80. The monoisotopic (exact) mass is 335 g/mol. The Morgan fingerprint density at radius 3 is 2.67 bits per heavy atom. The molecule has 0 amide bonds. The van der Waals surface area contributed by atoms with Crippen LogP contribution in [0, 0.1) is 0 Å². The molecule has 1 aromatic rings. The van der Waals surface area contributed by atoms with Gasteiger partial charge in [-0.25, -0.2) is 0 Å². The number of rotatable bonds is 8. The second-order valence-electron chi connectivity index (χ2n) is 6.42. The van der Waals surface area contributed by atoms with E-state index >= 15 is 0 Å². The lowest BCUT2D eigenvalue weighted by Gasteiger charge is -2.36. The second-order valence-corrected chi connectivity index (χ2v) is 6.42. The summed E-state index contributed by atoms with van der Waals surface area (Å²) in [4.78, 5) is 2.22. The largest absolute Gasteiger partial charge is 0.493 e. The van der Waals surface area contributed by atoms with E-state index in [-0.39, 0.29) is 18.8 Å². The lowest BCUT2D eigenvalue weighted by Crippen LogP contribution is -2.48. The standard InChI is InChI=1S/C19H29NO4/c1-5-6-16-7-8-18(19(9-16)22-4)23-13-17(21)12-20-10-14(2)24-15(3)11-20/h5,7-9,14-15,17,21H,1,6,10-13H2,2-4H3/t14-,15-,17+/m1/s1. The molecule has 1 N–H and O–H groups in total. The maximum Gasteiger partial charge on any atom is 0.161 e. The number of benzene rings is 1. The van der Waals surface area contributed by atoms with Crippen molar-refractivity contribution in [2.24, 2.45) is 0 Å². The van der Waals surface area contributed by atoms with Crippen molar-refractivity contribution >= 4 is 0 Å². The first-order chi connectivity index (χ1) is 11.5. The van der Waals surface area contributed by atoms with Crippen LogP contribution in [0.5, 0.6) is 11.5 Å². The summed E-state index contributed by atoms with van der Waals surface area (Å²) < 4.78 is 16.8. The van der Waals surface area contributed by atoms with Crippen LogP contribution in [-0.2, 0) is 11.2 Å². The fourth-order valence-electron chi connectivity index (χ4n) is 3.10. The predicted octanol–water partition coefficient (Wildman–Crippen LogP) is 2.27. The maximum absolute atomic E-state index is 10.3. The SMILES string of the molecule is C=CCc1ccc(OC[C@@H](O)CN2C[C@@H](C)O[C@H](C)C2)c(OC)c1. The number of ether oxygens (including phenoxy) is 3. The lowest BCUT2D eigenvalue weighted by molar-refractivity contribution is -0.0787. The molecule has 5 nitrogen and oxygen atoms in total. The van der Waals surface area contributed by atoms with E-state index in [0.717, 1.165) is 25.1 Å². The third-order valence-corrected chi connectivity index (χ3v) is 4.00. The number of hydrogen-bond donors (Lipinski definition) is 1. The van der Waals surface area contributed by atoms with E-state index in [1.807, 2.05) is 24.3 Å². The minimum absolute atomic E-state index is 0.194. The average Bonchev–Trinajstić information content (AvgIpc) is 2.52. The van der Waals surface area contributed by atoms with Gasteiger partial charge >= 0.3 is 0 Å². The molecule has 0 aliphatic carbocycles. The van der Waals surface area contributed by atoms with Crippen LogP contribution >= 0.6 is 0 Å². The molecule has 1 saturated heterocycles. The van der Waals surface area contributed by atoms with Crippen molar-refractivity contribution in [1.29, 1.82) is 0 Å². The molecule has 1 aliphatic heterocycles. The highest BCUT2D eigenvalue weighted by molar-refractivity contribution is 5.43. The summed E-state index contributed by atoms with van der Waals surface area (Å²) in [6.45, 7) is 10.3. The molecule has 0 unspecified atom stereocenters. The molecule has 1 aliphatic rings. The fraction of sp³-hybridized carbons (Fsp3) is 0.579. The summed E-state index contributed by atoms with van der Waals surface area (Å²) in [5, 5.41) is 10.3. The molecule has 0 bridgehead atoms. The molecule has 24 heavy (non-hydrogen) atoms. The minimum atomic E-state index is -0.556. The van der Waals surface area contributed by atoms with Crippen LogP contribution in [0.3, 0.4) is 0 Å². The third-order valence-electron chi connectivity index (χ3n) is 4.00. The van der Waals surface area contributed by atoms with Crippen molar-refractivity contribution in [3.8, 4) is 11.5 Å². The van der Waals surface area contributed by atoms with Crippen molar-refractivity contribution < 1.29 is 19.3 Å². The topological polar surface area (TPSA) is 51.2 Å². The molecule has 0 aromatic heterocycles. The molecule has 0 spiro atoms. The van der Waals surface area contributed by atoms with E-state index < -0.39 is 6.10 Å². The number of allylic oxidation sites excluding steroid dienone is 1. The Morgan fingerprint density at radius 2 is 2.04 bits per heavy atom. The average molecular weight is 335 g/mol. The first kappa shape index (κ1) is 18.8. The van der Waals surface area contributed by atoms with Crippen molar-refractivity contribution in [3.05, 3.63) is 36.4 Å². The highest BCUT2D eigenvalue weighted by Crippen LogP contribution is 2.28. The van der Waals surface area contributed by atoms with Gasteiger partial charge in [-0.2, -0.15) is 0 Å². The summed E-state index contributed by atoms with van der Waals surface area (Å²) in [6.07, 6.45) is 2.47. The molecule has 2 rings (SSSR count). The molecule has 1 fully saturated rings. The van der Waals surface area contributed by atoms with Gasteiger partial charge in [-0.05, 0) is 38.0 Å². The Bertz CT molecular complexity index is 524. The van der Waals surface area contributed by atoms with E-state index in [1.165, 1.54) is 0 Å². The summed E-state index contributed by atoms with van der Waals surface area (Å²) in [5.74, 6) is 1.32. The van der Waals surface area contributed by atoms with Gasteiger partial charge in [0.2, 0.25) is 0 Å². The Kier molecular flexibility index (Phi) is 7.09. The molecule has 0 radical (unpaired) electrons. The fourth-order valence-corrected chi connectivity index (χ4v) is 3.10. The number of morpholine rings is 1. The van der Waals surface area contributed by atoms with E-state index in [2.05, 4.69) is 25.3 Å². The van der Waals surface area contributed by atoms with Crippen LogP contribution in [0.1, 0.15) is 19.4 Å². The first-order valence-corrected chi connectivity index (χ1v) is 8.48. The molecule has 1 heterocycles. The Morgan fingerprint density at radius 1 is 1.33 bits per heavy atom. The van der Waals surface area contributed by atoms with Crippen LogP contribution < -0.4 is 9.47 Å². The van der Waals surface area contributed by atoms with Gasteiger partial charge in [-0.1, -0.05) is 12.1 Å². The number of methoxy groups -OCH3 is 1. The van der Waals surface area contributed by atoms with Gasteiger partial charge in [0, 0.05) is 19.6 Å². The summed E-state index contributed by atoms with van der Waals surface area (Å²) in [7, 11) is 1.62. The molecular weight excluding hydrogens is 306 g/mol. The maximum atomic E-state index is 10.3. The van der Waals surface area contributed by atoms with Gasteiger partial charge in [-0.15, -0.1) is 6.58 Å². The smallest absolute Gasteiger partial charge is 0.161 e. The van der Waals surface area contributed by atoms with Crippen molar-refractivity contribution in [2.75, 3.05) is 33.4 Å². The molecule has 5 heteroatoms. The molecule has 3 atom stereocenters. The van der Waals surface area contributed by atoms with Crippen LogP contribution in [0.4, 0.5) is 0 Å². The number of aliphatic hydroxyl groups is 1. The van der Waals surface area contributed by atoms with Crippen LogP contribution in [0.25, 0.3) is 0 Å². The van der Waals surface area contributed by atoms with E-state index in [4.69, 9.17) is 14.2 Å². The number of aliphatic hydroxyl groups excluding tert-OH is 1. The van der Waals surface area contributed by atoms with Crippen LogP contribution in [0.15, 0.2) is 30.9 Å². The second kappa shape index (κ2) is 9.06. The third kappa shape index (κ3) is 5.51. The van der Waals surface area contributed by atoms with Gasteiger partial charge < -0.3 is 19.3 Å². The van der Waals surface area contributed by atoms with Crippen LogP contribution in [0.2, 0.25) is 0 Å². The Balaban J connectivity index is 1.86. The van der Waals surface area contributed by atoms with E-state index in [0.29, 0.717) is 18.0 Å². The molecule has 134 valence electrons. The van der Waals surface area contributed by atoms with Gasteiger partial charge in [-0.3, -0.25) is 4.90 Å². The Hall–Kier alpha value is -1.56. The zero-order chi connectivity index (χ0) is 17.5. The number of β-amino-alcohol motifs (C(OH)–C–C–N with tert-alkyl or cyclic N) is 1. The lowest BCUT2D eigenvalue weighted by atomic mass is 10.1. The summed E-state index contributed by atoms with van der Waals surface area (Å²) >= 11 is 0. The number of nitrogens with zero attached hydrogens (tertiary/aromatic N) is 1. The molecular formula is C19H29NO4. The van der Waals surface area contributed by atoms with Crippen molar-refractivity contribution in [3.63, 3.8) is 0 Å². The highest BCUT2D eigenvalue weighted by Gasteiger charge is 2.24. The highest BCUT2D eigenvalue weighted by atomic mass is 16.5. The quantitative estimate of drug-likeness (QED) is 0.739. The number of hydrogen-bond acceptors (Lipinski definition) is 5. The normalized spacial score (nSPS) is 22.8. The zero-order valence-corrected chi connectivity index (χ0v) is 14.9. The Labute approximate surface area is 144 Å².